The summed E-state index contributed by atoms with van der Waals surface area (Å²) >= 11 is 5.72. The van der Waals surface area contributed by atoms with E-state index in [2.05, 4.69) is 18.9 Å². The van der Waals surface area contributed by atoms with Gasteiger partial charge < -0.3 is 14.4 Å². The molecule has 0 aromatic heterocycles. The molecule has 0 fully saturated rings. The van der Waals surface area contributed by atoms with Crippen LogP contribution in [0.15, 0.2) is 12.1 Å². The van der Waals surface area contributed by atoms with Crippen molar-refractivity contribution in [1.82, 2.24) is 4.90 Å². The smallest absolute Gasteiger partial charge is 0.161 e. The monoisotopic (exact) mass is 257 g/mol. The molecule has 0 heterocycles. The Hall–Kier alpha value is -0.930. The van der Waals surface area contributed by atoms with Gasteiger partial charge in [0.15, 0.2) is 11.5 Å². The molecular formula is C13H20ClNO2. The van der Waals surface area contributed by atoms with Crippen molar-refractivity contribution in [3.8, 4) is 11.5 Å². The summed E-state index contributed by atoms with van der Waals surface area (Å²) in [4.78, 5) is 2.18. The number of benzene rings is 1. The average Bonchev–Trinajstić information content (AvgIpc) is 2.31. The van der Waals surface area contributed by atoms with Gasteiger partial charge in [0.25, 0.3) is 0 Å². The second-order valence-electron chi connectivity index (χ2n) is 4.06. The third-order valence-corrected chi connectivity index (χ3v) is 2.92. The zero-order chi connectivity index (χ0) is 12.8. The predicted octanol–water partition coefficient (Wildman–Crippen LogP) is 2.68. The van der Waals surface area contributed by atoms with Crippen molar-refractivity contribution in [2.75, 3.05) is 33.7 Å². The van der Waals surface area contributed by atoms with Crippen molar-refractivity contribution in [3.05, 3.63) is 23.3 Å². The minimum atomic E-state index is 0.642. The molecule has 0 amide bonds. The highest BCUT2D eigenvalue weighted by molar-refractivity contribution is 6.18. The number of alkyl halides is 1. The third kappa shape index (κ3) is 3.79. The lowest BCUT2D eigenvalue weighted by Crippen LogP contribution is -2.20. The van der Waals surface area contributed by atoms with E-state index in [0.717, 1.165) is 24.6 Å². The summed E-state index contributed by atoms with van der Waals surface area (Å²) in [5.74, 6) is 2.18. The average molecular weight is 258 g/mol. The zero-order valence-corrected chi connectivity index (χ0v) is 11.7. The van der Waals surface area contributed by atoms with Crippen LogP contribution < -0.4 is 9.47 Å². The van der Waals surface area contributed by atoms with Crippen LogP contribution in [0.25, 0.3) is 0 Å². The summed E-state index contributed by atoms with van der Waals surface area (Å²) in [6.07, 6.45) is 0. The lowest BCUT2D eigenvalue weighted by Gasteiger charge is -2.18. The predicted molar refractivity (Wildman–Crippen MR) is 71.3 cm³/mol. The summed E-state index contributed by atoms with van der Waals surface area (Å²) in [6.45, 7) is 3.81. The number of rotatable bonds is 6. The zero-order valence-electron chi connectivity index (χ0n) is 10.9. The Morgan fingerprint density at radius 2 is 1.76 bits per heavy atom. The van der Waals surface area contributed by atoms with Crippen LogP contribution in [0.5, 0.6) is 11.5 Å². The normalized spacial score (nSPS) is 10.7. The van der Waals surface area contributed by atoms with Gasteiger partial charge in [-0.2, -0.15) is 0 Å². The van der Waals surface area contributed by atoms with Gasteiger partial charge in [0, 0.05) is 19.0 Å². The molecule has 0 aliphatic heterocycles. The molecule has 0 bridgehead atoms. The Bertz CT molecular complexity index is 369. The summed E-state index contributed by atoms with van der Waals surface area (Å²) in [7, 11) is 5.36. The van der Waals surface area contributed by atoms with Crippen LogP contribution in [0.4, 0.5) is 0 Å². The second kappa shape index (κ2) is 6.72. The maximum absolute atomic E-state index is 5.72. The van der Waals surface area contributed by atoms with Gasteiger partial charge in [0.2, 0.25) is 0 Å². The van der Waals surface area contributed by atoms with Gasteiger partial charge in [-0.1, -0.05) is 0 Å². The Morgan fingerprint density at radius 1 is 1.18 bits per heavy atom. The fourth-order valence-electron chi connectivity index (χ4n) is 1.71. The number of aryl methyl sites for hydroxylation is 1. The van der Waals surface area contributed by atoms with Crippen LogP contribution in [0.2, 0.25) is 0 Å². The van der Waals surface area contributed by atoms with Crippen molar-refractivity contribution >= 4 is 11.6 Å². The molecule has 0 unspecified atom stereocenters. The van der Waals surface area contributed by atoms with E-state index in [1.807, 2.05) is 12.1 Å². The van der Waals surface area contributed by atoms with Crippen molar-refractivity contribution < 1.29 is 9.47 Å². The molecule has 0 aliphatic carbocycles. The van der Waals surface area contributed by atoms with Crippen molar-refractivity contribution in [3.63, 3.8) is 0 Å². The fourth-order valence-corrected chi connectivity index (χ4v) is 2.00. The molecule has 4 heteroatoms. The summed E-state index contributed by atoms with van der Waals surface area (Å²) in [5, 5.41) is 0. The first kappa shape index (κ1) is 14.1. The van der Waals surface area contributed by atoms with E-state index in [4.69, 9.17) is 21.1 Å². The van der Waals surface area contributed by atoms with Crippen LogP contribution in [0, 0.1) is 6.92 Å². The molecule has 96 valence electrons. The van der Waals surface area contributed by atoms with Gasteiger partial charge in [0.05, 0.1) is 14.2 Å². The summed E-state index contributed by atoms with van der Waals surface area (Å²) < 4.78 is 10.6. The molecule has 0 atom stereocenters. The number of ether oxygens (including phenoxy) is 2. The van der Waals surface area contributed by atoms with E-state index in [1.165, 1.54) is 11.1 Å². The lowest BCUT2D eigenvalue weighted by atomic mass is 10.1. The number of nitrogens with zero attached hydrogens (tertiary/aromatic N) is 1. The molecule has 1 aromatic rings. The number of methoxy groups -OCH3 is 2. The molecule has 1 aromatic carbocycles. The van der Waals surface area contributed by atoms with Crippen LogP contribution in [0.3, 0.4) is 0 Å². The molecule has 0 radical (unpaired) electrons. The first-order chi connectivity index (χ1) is 8.12. The molecular weight excluding hydrogens is 238 g/mol. The number of halogens is 1. The Morgan fingerprint density at radius 3 is 2.29 bits per heavy atom. The first-order valence-corrected chi connectivity index (χ1v) is 6.11. The molecule has 0 saturated heterocycles. The number of hydrogen-bond donors (Lipinski definition) is 0. The fraction of sp³-hybridized carbons (Fsp3) is 0.538. The topological polar surface area (TPSA) is 21.7 Å². The third-order valence-electron chi connectivity index (χ3n) is 2.75. The molecule has 17 heavy (non-hydrogen) atoms. The molecule has 0 N–H and O–H groups in total. The second-order valence-corrected chi connectivity index (χ2v) is 4.44. The van der Waals surface area contributed by atoms with Gasteiger partial charge in [-0.15, -0.1) is 11.6 Å². The maximum atomic E-state index is 5.72. The summed E-state index contributed by atoms with van der Waals surface area (Å²) in [5.41, 5.74) is 2.43. The molecule has 0 spiro atoms. The summed E-state index contributed by atoms with van der Waals surface area (Å²) in [6, 6.07) is 4.03. The maximum Gasteiger partial charge on any atom is 0.161 e. The van der Waals surface area contributed by atoms with E-state index in [-0.39, 0.29) is 0 Å². The highest BCUT2D eigenvalue weighted by atomic mass is 35.5. The quantitative estimate of drug-likeness (QED) is 0.732. The van der Waals surface area contributed by atoms with E-state index in [9.17, 15) is 0 Å². The van der Waals surface area contributed by atoms with E-state index >= 15 is 0 Å². The SMILES string of the molecule is COc1cc(C)c(CN(C)CCCl)cc1OC. The Balaban J connectivity index is 2.92. The van der Waals surface area contributed by atoms with Gasteiger partial charge in [-0.3, -0.25) is 0 Å². The highest BCUT2D eigenvalue weighted by Crippen LogP contribution is 2.30. The van der Waals surface area contributed by atoms with E-state index in [0.29, 0.717) is 5.88 Å². The van der Waals surface area contributed by atoms with Crippen molar-refractivity contribution in [2.45, 2.75) is 13.5 Å². The number of hydrogen-bond acceptors (Lipinski definition) is 3. The lowest BCUT2D eigenvalue weighted by molar-refractivity contribution is 0.339. The van der Waals surface area contributed by atoms with Crippen LogP contribution in [0.1, 0.15) is 11.1 Å². The largest absolute Gasteiger partial charge is 0.493 e. The molecule has 0 aliphatic rings. The van der Waals surface area contributed by atoms with Crippen LogP contribution in [-0.2, 0) is 6.54 Å². The van der Waals surface area contributed by atoms with Crippen molar-refractivity contribution in [1.29, 1.82) is 0 Å². The molecule has 1 rings (SSSR count). The van der Waals surface area contributed by atoms with Gasteiger partial charge in [-0.05, 0) is 37.2 Å². The molecule has 3 nitrogen and oxygen atoms in total. The minimum Gasteiger partial charge on any atom is -0.493 e. The van der Waals surface area contributed by atoms with Crippen LogP contribution in [-0.4, -0.2) is 38.6 Å². The van der Waals surface area contributed by atoms with Gasteiger partial charge in [-0.25, -0.2) is 0 Å². The van der Waals surface area contributed by atoms with Gasteiger partial charge in [0.1, 0.15) is 0 Å². The highest BCUT2D eigenvalue weighted by Gasteiger charge is 2.09. The van der Waals surface area contributed by atoms with E-state index in [1.54, 1.807) is 14.2 Å². The Labute approximate surface area is 108 Å². The minimum absolute atomic E-state index is 0.642. The first-order valence-electron chi connectivity index (χ1n) is 5.58. The van der Waals surface area contributed by atoms with E-state index < -0.39 is 0 Å². The molecule has 0 saturated carbocycles. The Kier molecular flexibility index (Phi) is 5.59. The van der Waals surface area contributed by atoms with Crippen molar-refractivity contribution in [2.24, 2.45) is 0 Å². The standard InChI is InChI=1S/C13H20ClNO2/c1-10-7-12(16-3)13(17-4)8-11(10)9-15(2)6-5-14/h7-8H,5-6,9H2,1-4H3. The van der Waals surface area contributed by atoms with Crippen LogP contribution >= 0.6 is 11.6 Å². The van der Waals surface area contributed by atoms with Gasteiger partial charge >= 0.3 is 0 Å².